The summed E-state index contributed by atoms with van der Waals surface area (Å²) in [5.41, 5.74) is 5.09. The lowest BCUT2D eigenvalue weighted by Gasteiger charge is -1.97. The van der Waals surface area contributed by atoms with Crippen LogP contribution in [-0.4, -0.2) is 5.96 Å². The Morgan fingerprint density at radius 3 is 2.71 bits per heavy atom. The molecule has 0 radical (unpaired) electrons. The van der Waals surface area contributed by atoms with Crippen molar-refractivity contribution in [2.45, 2.75) is 6.54 Å². The Kier molecular flexibility index (Phi) is 3.22. The van der Waals surface area contributed by atoms with Crippen molar-refractivity contribution in [3.05, 3.63) is 35.4 Å². The number of nitrogens with one attached hydrogen (secondary N) is 1. The molecule has 0 heterocycles. The first kappa shape index (κ1) is 10.2. The van der Waals surface area contributed by atoms with Gasteiger partial charge in [0.15, 0.2) is 0 Å². The van der Waals surface area contributed by atoms with Crippen molar-refractivity contribution < 1.29 is 8.78 Å². The summed E-state index contributed by atoms with van der Waals surface area (Å²) in [5.74, 6) is -1.78. The number of guanidine groups is 1. The standard InChI is InChI=1S/C8H8F2N4/c9-6-2-1-5(7(10)3-6)4-13-14-8(11)12/h1-3H,4H2,(H3,11,12). The molecule has 14 heavy (non-hydrogen) atoms. The highest BCUT2D eigenvalue weighted by Gasteiger charge is 2.02. The Bertz CT molecular complexity index is 376. The highest BCUT2D eigenvalue weighted by Crippen LogP contribution is 2.10. The fraction of sp³-hybridized carbons (Fsp3) is 0.125. The zero-order valence-electron chi connectivity index (χ0n) is 7.17. The van der Waals surface area contributed by atoms with E-state index in [1.807, 2.05) is 0 Å². The van der Waals surface area contributed by atoms with Gasteiger partial charge in [0.05, 0.1) is 6.54 Å². The fourth-order valence-corrected chi connectivity index (χ4v) is 0.838. The number of rotatable bonds is 2. The zero-order valence-corrected chi connectivity index (χ0v) is 7.17. The summed E-state index contributed by atoms with van der Waals surface area (Å²) in [5, 5.41) is 13.4. The van der Waals surface area contributed by atoms with E-state index in [9.17, 15) is 8.78 Å². The van der Waals surface area contributed by atoms with Crippen molar-refractivity contribution in [2.75, 3.05) is 0 Å². The maximum atomic E-state index is 12.9. The summed E-state index contributed by atoms with van der Waals surface area (Å²) >= 11 is 0. The summed E-state index contributed by atoms with van der Waals surface area (Å²) in [6.45, 7) is -0.0638. The molecule has 0 aliphatic rings. The molecule has 0 spiro atoms. The first-order chi connectivity index (χ1) is 6.59. The highest BCUT2D eigenvalue weighted by molar-refractivity contribution is 5.74. The number of hydrogen-bond acceptors (Lipinski definition) is 2. The molecule has 4 nitrogen and oxygen atoms in total. The van der Waals surface area contributed by atoms with Gasteiger partial charge in [0.2, 0.25) is 5.96 Å². The summed E-state index contributed by atoms with van der Waals surface area (Å²) in [6.07, 6.45) is 0. The molecular weight excluding hydrogens is 190 g/mol. The number of nitrogens with zero attached hydrogens (tertiary/aromatic N) is 2. The largest absolute Gasteiger partial charge is 0.367 e. The van der Waals surface area contributed by atoms with E-state index >= 15 is 0 Å². The van der Waals surface area contributed by atoms with E-state index in [2.05, 4.69) is 10.2 Å². The maximum absolute atomic E-state index is 12.9. The van der Waals surface area contributed by atoms with E-state index in [0.717, 1.165) is 12.1 Å². The van der Waals surface area contributed by atoms with Gasteiger partial charge in [-0.15, -0.1) is 5.11 Å². The third-order valence-electron chi connectivity index (χ3n) is 1.43. The van der Waals surface area contributed by atoms with Crippen LogP contribution in [0.25, 0.3) is 0 Å². The average molecular weight is 198 g/mol. The molecule has 0 bridgehead atoms. The Hall–Kier alpha value is -1.85. The monoisotopic (exact) mass is 198 g/mol. The first-order valence-electron chi connectivity index (χ1n) is 3.75. The van der Waals surface area contributed by atoms with Crippen LogP contribution in [0.3, 0.4) is 0 Å². The number of hydrogen-bond donors (Lipinski definition) is 2. The molecule has 0 aliphatic carbocycles. The minimum atomic E-state index is -0.687. The van der Waals surface area contributed by atoms with Crippen LogP contribution in [0.4, 0.5) is 8.78 Å². The number of azo groups is 1. The van der Waals surface area contributed by atoms with Gasteiger partial charge in [0.25, 0.3) is 0 Å². The maximum Gasteiger partial charge on any atom is 0.232 e. The molecule has 6 heteroatoms. The van der Waals surface area contributed by atoms with Gasteiger partial charge >= 0.3 is 0 Å². The smallest absolute Gasteiger partial charge is 0.232 e. The molecule has 74 valence electrons. The lowest BCUT2D eigenvalue weighted by Crippen LogP contribution is -2.04. The van der Waals surface area contributed by atoms with Crippen LogP contribution >= 0.6 is 0 Å². The normalized spacial score (nSPS) is 10.7. The lowest BCUT2D eigenvalue weighted by molar-refractivity contribution is 0.571. The van der Waals surface area contributed by atoms with Crippen LogP contribution < -0.4 is 5.73 Å². The summed E-state index contributed by atoms with van der Waals surface area (Å²) in [4.78, 5) is 0. The van der Waals surface area contributed by atoms with Crippen molar-refractivity contribution in [3.63, 3.8) is 0 Å². The molecule has 0 atom stereocenters. The molecule has 0 amide bonds. The minimum absolute atomic E-state index is 0.0638. The van der Waals surface area contributed by atoms with Crippen molar-refractivity contribution in [3.8, 4) is 0 Å². The Balaban J connectivity index is 2.73. The summed E-state index contributed by atoms with van der Waals surface area (Å²) < 4.78 is 25.4. The van der Waals surface area contributed by atoms with E-state index in [4.69, 9.17) is 11.1 Å². The van der Waals surface area contributed by atoms with Gasteiger partial charge in [-0.3, -0.25) is 5.41 Å². The molecule has 0 aromatic heterocycles. The van der Waals surface area contributed by atoms with E-state index in [1.54, 1.807) is 0 Å². The second-order valence-electron chi connectivity index (χ2n) is 2.52. The van der Waals surface area contributed by atoms with Gasteiger partial charge in [-0.1, -0.05) is 6.07 Å². The molecule has 1 aromatic rings. The van der Waals surface area contributed by atoms with E-state index in [0.29, 0.717) is 0 Å². The SMILES string of the molecule is N=C(N)N=NCc1ccc(F)cc1F. The molecule has 0 fully saturated rings. The third-order valence-corrected chi connectivity index (χ3v) is 1.43. The molecule has 3 N–H and O–H groups in total. The van der Waals surface area contributed by atoms with Crippen LogP contribution in [0.2, 0.25) is 0 Å². The van der Waals surface area contributed by atoms with Crippen LogP contribution in [0.1, 0.15) is 5.56 Å². The van der Waals surface area contributed by atoms with Gasteiger partial charge in [-0.25, -0.2) is 8.78 Å². The van der Waals surface area contributed by atoms with Gasteiger partial charge in [-0.2, -0.15) is 5.11 Å². The predicted octanol–water partition coefficient (Wildman–Crippen LogP) is 1.81. The third kappa shape index (κ3) is 2.89. The van der Waals surface area contributed by atoms with Crippen molar-refractivity contribution in [1.82, 2.24) is 0 Å². The lowest BCUT2D eigenvalue weighted by atomic mass is 10.2. The summed E-state index contributed by atoms with van der Waals surface area (Å²) in [7, 11) is 0. The Labute approximate surface area is 79.0 Å². The van der Waals surface area contributed by atoms with Gasteiger partial charge in [-0.05, 0) is 6.07 Å². The first-order valence-corrected chi connectivity index (χ1v) is 3.75. The van der Waals surface area contributed by atoms with Crippen LogP contribution in [0.5, 0.6) is 0 Å². The molecule has 0 saturated carbocycles. The molecule has 0 aliphatic heterocycles. The molecular formula is C8H8F2N4. The fourth-order valence-electron chi connectivity index (χ4n) is 0.838. The molecule has 1 rings (SSSR count). The predicted molar refractivity (Wildman–Crippen MR) is 46.8 cm³/mol. The van der Waals surface area contributed by atoms with Gasteiger partial charge < -0.3 is 5.73 Å². The van der Waals surface area contributed by atoms with Crippen LogP contribution in [0.15, 0.2) is 28.4 Å². The topological polar surface area (TPSA) is 74.6 Å². The van der Waals surface area contributed by atoms with E-state index < -0.39 is 17.6 Å². The highest BCUT2D eigenvalue weighted by atomic mass is 19.1. The van der Waals surface area contributed by atoms with E-state index in [-0.39, 0.29) is 12.1 Å². The second kappa shape index (κ2) is 4.40. The Morgan fingerprint density at radius 1 is 1.43 bits per heavy atom. The number of halogens is 2. The quantitative estimate of drug-likeness (QED) is 0.424. The molecule has 1 aromatic carbocycles. The van der Waals surface area contributed by atoms with Crippen molar-refractivity contribution in [1.29, 1.82) is 5.41 Å². The van der Waals surface area contributed by atoms with E-state index in [1.165, 1.54) is 6.07 Å². The molecule has 0 unspecified atom stereocenters. The average Bonchev–Trinajstić information content (AvgIpc) is 2.08. The second-order valence-corrected chi connectivity index (χ2v) is 2.52. The number of benzene rings is 1. The summed E-state index contributed by atoms with van der Waals surface area (Å²) in [6, 6.07) is 3.16. The van der Waals surface area contributed by atoms with Gasteiger partial charge in [0, 0.05) is 11.6 Å². The Morgan fingerprint density at radius 2 is 2.14 bits per heavy atom. The van der Waals surface area contributed by atoms with Crippen LogP contribution in [-0.2, 0) is 6.54 Å². The van der Waals surface area contributed by atoms with Gasteiger partial charge in [0.1, 0.15) is 11.6 Å². The molecule has 0 saturated heterocycles. The zero-order chi connectivity index (χ0) is 10.6. The van der Waals surface area contributed by atoms with Crippen molar-refractivity contribution in [2.24, 2.45) is 16.0 Å². The number of nitrogens with two attached hydrogens (primary N) is 1. The van der Waals surface area contributed by atoms with Crippen molar-refractivity contribution >= 4 is 5.96 Å². The minimum Gasteiger partial charge on any atom is -0.367 e. The van der Waals surface area contributed by atoms with Crippen LogP contribution in [0, 0.1) is 17.0 Å².